The molecule has 8 nitrogen and oxygen atoms in total. The van der Waals surface area contributed by atoms with Crippen LogP contribution in [0.3, 0.4) is 0 Å². The lowest BCUT2D eigenvalue weighted by Gasteiger charge is -2.41. The molecule has 2 amide bonds. The minimum absolute atomic E-state index is 0.0222. The number of halogens is 1. The summed E-state index contributed by atoms with van der Waals surface area (Å²) in [7, 11) is 1.58. The van der Waals surface area contributed by atoms with Crippen molar-refractivity contribution in [2.24, 2.45) is 0 Å². The molecule has 0 bridgehead atoms. The van der Waals surface area contributed by atoms with Gasteiger partial charge in [-0.2, -0.15) is 5.26 Å². The maximum Gasteiger partial charge on any atom is 0.283 e. The number of aromatic nitrogens is 1. The second-order valence-corrected chi connectivity index (χ2v) is 9.24. The molecule has 1 aliphatic carbocycles. The number of carbonyl (C=O) groups is 2. The molecule has 1 N–H and O–H groups in total. The van der Waals surface area contributed by atoms with E-state index in [1.807, 2.05) is 24.0 Å². The van der Waals surface area contributed by atoms with Crippen LogP contribution in [-0.2, 0) is 14.3 Å². The summed E-state index contributed by atoms with van der Waals surface area (Å²) in [5.74, 6) is -0.960. The molecule has 2 aromatic rings. The average molecular weight is 492 g/mol. The molecule has 1 saturated heterocycles. The van der Waals surface area contributed by atoms with Crippen molar-refractivity contribution in [1.82, 2.24) is 9.88 Å². The van der Waals surface area contributed by atoms with Gasteiger partial charge in [-0.05, 0) is 43.5 Å². The summed E-state index contributed by atoms with van der Waals surface area (Å²) in [5, 5.41) is 12.5. The normalized spacial score (nSPS) is 17.4. The number of anilines is 2. The Hall–Kier alpha value is -3.77. The molecule has 1 saturated carbocycles. The van der Waals surface area contributed by atoms with Gasteiger partial charge in [0, 0.05) is 50.0 Å². The standard InChI is InChI=1S/C27H30FN5O3/c1-17-16-32(10-11-33(17)24(34)9-12-36-3)26-21(15-29)14-23(25(31-26)19-7-8-19)20-5-4-6-22(13-20)30-27(35)18(2)28/h4-6,13-14,17,19H,2,7-12,16H2,1,3H3,(H,30,35). The van der Waals surface area contributed by atoms with Gasteiger partial charge in [-0.25, -0.2) is 9.37 Å². The van der Waals surface area contributed by atoms with E-state index in [0.717, 1.165) is 29.7 Å². The highest BCUT2D eigenvalue weighted by Gasteiger charge is 2.33. The Kier molecular flexibility index (Phi) is 7.65. The molecule has 2 heterocycles. The van der Waals surface area contributed by atoms with Crippen molar-refractivity contribution in [1.29, 1.82) is 5.26 Å². The van der Waals surface area contributed by atoms with Gasteiger partial charge in [-0.3, -0.25) is 9.59 Å². The Balaban J connectivity index is 1.63. The lowest BCUT2D eigenvalue weighted by molar-refractivity contribution is -0.134. The molecule has 0 radical (unpaired) electrons. The van der Waals surface area contributed by atoms with E-state index >= 15 is 0 Å². The number of ether oxygens (including phenoxy) is 1. The lowest BCUT2D eigenvalue weighted by atomic mass is 9.98. The van der Waals surface area contributed by atoms with Crippen molar-refractivity contribution in [3.63, 3.8) is 0 Å². The number of carbonyl (C=O) groups excluding carboxylic acids is 2. The molecule has 0 spiro atoms. The molecule has 4 rings (SSSR count). The Morgan fingerprint density at radius 1 is 1.31 bits per heavy atom. The summed E-state index contributed by atoms with van der Waals surface area (Å²) >= 11 is 0. The number of amides is 2. The van der Waals surface area contributed by atoms with E-state index in [-0.39, 0.29) is 11.9 Å². The van der Waals surface area contributed by atoms with Crippen LogP contribution in [0.2, 0.25) is 0 Å². The topological polar surface area (TPSA) is 98.6 Å². The fourth-order valence-corrected chi connectivity index (χ4v) is 4.56. The summed E-state index contributed by atoms with van der Waals surface area (Å²) in [5.41, 5.74) is 3.41. The highest BCUT2D eigenvalue weighted by Crippen LogP contribution is 2.45. The first-order valence-electron chi connectivity index (χ1n) is 12.1. The Bertz CT molecular complexity index is 1220. The van der Waals surface area contributed by atoms with Crippen molar-refractivity contribution in [3.8, 4) is 17.2 Å². The molecule has 36 heavy (non-hydrogen) atoms. The number of methoxy groups -OCH3 is 1. The van der Waals surface area contributed by atoms with E-state index < -0.39 is 11.7 Å². The molecule has 1 aliphatic heterocycles. The number of hydrogen-bond acceptors (Lipinski definition) is 6. The van der Waals surface area contributed by atoms with Crippen LogP contribution in [0.5, 0.6) is 0 Å². The fourth-order valence-electron chi connectivity index (χ4n) is 4.56. The number of piperazine rings is 1. The molecule has 1 aromatic heterocycles. The largest absolute Gasteiger partial charge is 0.384 e. The molecular weight excluding hydrogens is 461 g/mol. The van der Waals surface area contributed by atoms with E-state index in [1.54, 1.807) is 25.3 Å². The maximum atomic E-state index is 13.2. The highest BCUT2D eigenvalue weighted by atomic mass is 19.1. The first-order valence-corrected chi connectivity index (χ1v) is 12.1. The van der Waals surface area contributed by atoms with E-state index in [4.69, 9.17) is 9.72 Å². The third-order valence-corrected chi connectivity index (χ3v) is 6.56. The first kappa shape index (κ1) is 25.3. The van der Waals surface area contributed by atoms with Crippen molar-refractivity contribution in [2.75, 3.05) is 43.6 Å². The van der Waals surface area contributed by atoms with Crippen LogP contribution in [0.15, 0.2) is 42.7 Å². The van der Waals surface area contributed by atoms with Gasteiger partial charge in [-0.1, -0.05) is 18.7 Å². The molecule has 1 unspecified atom stereocenters. The van der Waals surface area contributed by atoms with Gasteiger partial charge in [0.2, 0.25) is 5.91 Å². The van der Waals surface area contributed by atoms with Crippen LogP contribution in [0.1, 0.15) is 43.4 Å². The van der Waals surface area contributed by atoms with Crippen LogP contribution >= 0.6 is 0 Å². The molecule has 9 heteroatoms. The number of nitriles is 1. The van der Waals surface area contributed by atoms with E-state index in [9.17, 15) is 19.2 Å². The number of nitrogens with one attached hydrogen (secondary N) is 1. The third-order valence-electron chi connectivity index (χ3n) is 6.56. The number of hydrogen-bond donors (Lipinski definition) is 1. The summed E-state index contributed by atoms with van der Waals surface area (Å²) in [6.07, 6.45) is 2.38. The quantitative estimate of drug-likeness (QED) is 0.561. The SMILES string of the molecule is C=C(F)C(=O)Nc1cccc(-c2cc(C#N)c(N3CCN(C(=O)CCOC)C(C)C3)nc2C2CC2)c1. The number of rotatable bonds is 8. The third kappa shape index (κ3) is 5.55. The molecule has 1 aromatic carbocycles. The summed E-state index contributed by atoms with van der Waals surface area (Å²) in [4.78, 5) is 33.2. The second kappa shape index (κ2) is 10.9. The number of benzene rings is 1. The van der Waals surface area contributed by atoms with E-state index in [1.165, 1.54) is 0 Å². The minimum Gasteiger partial charge on any atom is -0.384 e. The van der Waals surface area contributed by atoms with Crippen LogP contribution < -0.4 is 10.2 Å². The first-order chi connectivity index (χ1) is 17.3. The van der Waals surface area contributed by atoms with Crippen molar-refractivity contribution >= 4 is 23.3 Å². The van der Waals surface area contributed by atoms with Crippen molar-refractivity contribution in [3.05, 3.63) is 54.0 Å². The predicted molar refractivity (Wildman–Crippen MR) is 135 cm³/mol. The molecular formula is C27H30FN5O3. The van der Waals surface area contributed by atoms with Crippen LogP contribution in [-0.4, -0.2) is 61.1 Å². The van der Waals surface area contributed by atoms with Crippen LogP contribution in [0.25, 0.3) is 11.1 Å². The molecule has 1 atom stereocenters. The van der Waals surface area contributed by atoms with E-state index in [0.29, 0.717) is 55.6 Å². The monoisotopic (exact) mass is 491 g/mol. The Morgan fingerprint density at radius 2 is 2.08 bits per heavy atom. The molecule has 2 aliphatic rings. The zero-order valence-electron chi connectivity index (χ0n) is 20.6. The van der Waals surface area contributed by atoms with E-state index in [2.05, 4.69) is 22.9 Å². The number of nitrogens with zero attached hydrogens (tertiary/aromatic N) is 4. The van der Waals surface area contributed by atoms with Gasteiger partial charge >= 0.3 is 0 Å². The lowest BCUT2D eigenvalue weighted by Crippen LogP contribution is -2.54. The van der Waals surface area contributed by atoms with Gasteiger partial charge in [0.05, 0.1) is 24.3 Å². The fraction of sp³-hybridized carbons (Fsp3) is 0.407. The Labute approximate surface area is 210 Å². The molecule has 188 valence electrons. The average Bonchev–Trinajstić information content (AvgIpc) is 3.72. The smallest absolute Gasteiger partial charge is 0.283 e. The number of pyridine rings is 1. The summed E-state index contributed by atoms with van der Waals surface area (Å²) in [6, 6.07) is 11.2. The van der Waals surface area contributed by atoms with Gasteiger partial charge < -0.3 is 19.9 Å². The molecule has 2 fully saturated rings. The van der Waals surface area contributed by atoms with Gasteiger partial charge in [0.15, 0.2) is 5.83 Å². The zero-order chi connectivity index (χ0) is 25.8. The summed E-state index contributed by atoms with van der Waals surface area (Å²) in [6.45, 7) is 7.15. The van der Waals surface area contributed by atoms with Gasteiger partial charge in [0.25, 0.3) is 5.91 Å². The van der Waals surface area contributed by atoms with Gasteiger partial charge in [-0.15, -0.1) is 0 Å². The Morgan fingerprint density at radius 3 is 2.72 bits per heavy atom. The second-order valence-electron chi connectivity index (χ2n) is 9.24. The summed E-state index contributed by atoms with van der Waals surface area (Å²) < 4.78 is 18.2. The van der Waals surface area contributed by atoms with Gasteiger partial charge in [0.1, 0.15) is 11.9 Å². The maximum absolute atomic E-state index is 13.2. The highest BCUT2D eigenvalue weighted by molar-refractivity contribution is 6.02. The minimum atomic E-state index is -1.06. The van der Waals surface area contributed by atoms with Crippen molar-refractivity contribution < 1.29 is 18.7 Å². The van der Waals surface area contributed by atoms with Crippen molar-refractivity contribution in [2.45, 2.75) is 38.1 Å². The van der Waals surface area contributed by atoms with Crippen LogP contribution in [0, 0.1) is 11.3 Å². The predicted octanol–water partition coefficient (Wildman–Crippen LogP) is 3.99. The van der Waals surface area contributed by atoms with Crippen LogP contribution in [0.4, 0.5) is 15.9 Å². The zero-order valence-corrected chi connectivity index (χ0v) is 20.6.